The van der Waals surface area contributed by atoms with Crippen LogP contribution in [-0.2, 0) is 4.79 Å². The zero-order valence-electron chi connectivity index (χ0n) is 8.79. The molecule has 0 spiro atoms. The number of thioether (sulfide) groups is 1. The highest BCUT2D eigenvalue weighted by atomic mass is 32.2. The Morgan fingerprint density at radius 1 is 1.71 bits per heavy atom. The van der Waals surface area contributed by atoms with E-state index in [9.17, 15) is 4.79 Å². The zero-order chi connectivity index (χ0) is 10.4. The van der Waals surface area contributed by atoms with E-state index in [4.69, 9.17) is 5.73 Å². The topological polar surface area (TPSA) is 55.1 Å². The van der Waals surface area contributed by atoms with Crippen molar-refractivity contribution in [2.24, 2.45) is 5.73 Å². The van der Waals surface area contributed by atoms with Gasteiger partial charge in [0.05, 0.1) is 0 Å². The lowest BCUT2D eigenvalue weighted by atomic mass is 10.2. The minimum atomic E-state index is 0.126. The number of hydrogen-bond donors (Lipinski definition) is 2. The van der Waals surface area contributed by atoms with E-state index < -0.39 is 0 Å². The van der Waals surface area contributed by atoms with Gasteiger partial charge in [-0.15, -0.1) is 0 Å². The fraction of sp³-hybridized carbons (Fsp3) is 0.900. The van der Waals surface area contributed by atoms with Gasteiger partial charge in [0.25, 0.3) is 0 Å². The van der Waals surface area contributed by atoms with Crippen molar-refractivity contribution in [1.82, 2.24) is 5.32 Å². The SMILES string of the molecule is CC(N)CCC(=O)NCC1CCCS1. The molecule has 1 rings (SSSR count). The number of amides is 1. The van der Waals surface area contributed by atoms with Gasteiger partial charge in [0, 0.05) is 24.3 Å². The van der Waals surface area contributed by atoms with Crippen LogP contribution in [0.1, 0.15) is 32.6 Å². The lowest BCUT2D eigenvalue weighted by Crippen LogP contribution is -2.30. The minimum Gasteiger partial charge on any atom is -0.355 e. The summed E-state index contributed by atoms with van der Waals surface area (Å²) in [6.45, 7) is 2.77. The normalized spacial score (nSPS) is 23.4. The summed E-state index contributed by atoms with van der Waals surface area (Å²) < 4.78 is 0. The predicted molar refractivity (Wildman–Crippen MR) is 61.4 cm³/mol. The monoisotopic (exact) mass is 216 g/mol. The van der Waals surface area contributed by atoms with Crippen molar-refractivity contribution in [3.63, 3.8) is 0 Å². The summed E-state index contributed by atoms with van der Waals surface area (Å²) in [5, 5.41) is 3.61. The number of nitrogens with two attached hydrogens (primary N) is 1. The molecule has 3 N–H and O–H groups in total. The molecule has 2 atom stereocenters. The van der Waals surface area contributed by atoms with Crippen LogP contribution in [0.3, 0.4) is 0 Å². The minimum absolute atomic E-state index is 0.126. The Kier molecular flexibility index (Phi) is 5.33. The average Bonchev–Trinajstić information content (AvgIpc) is 2.63. The van der Waals surface area contributed by atoms with Crippen molar-refractivity contribution in [2.45, 2.75) is 43.9 Å². The second kappa shape index (κ2) is 6.30. The first-order chi connectivity index (χ1) is 6.68. The first-order valence-electron chi connectivity index (χ1n) is 5.32. The third-order valence-corrected chi connectivity index (χ3v) is 3.78. The number of carbonyl (C=O) groups excluding carboxylic acids is 1. The first kappa shape index (κ1) is 11.9. The van der Waals surface area contributed by atoms with Gasteiger partial charge in [0.1, 0.15) is 0 Å². The molecule has 82 valence electrons. The van der Waals surface area contributed by atoms with Crippen LogP contribution in [0.4, 0.5) is 0 Å². The Morgan fingerprint density at radius 2 is 2.50 bits per heavy atom. The number of nitrogens with one attached hydrogen (secondary N) is 1. The van der Waals surface area contributed by atoms with Crippen LogP contribution in [0.5, 0.6) is 0 Å². The quantitative estimate of drug-likeness (QED) is 0.724. The Balaban J connectivity index is 2.02. The molecule has 1 aliphatic rings. The highest BCUT2D eigenvalue weighted by Gasteiger charge is 2.15. The van der Waals surface area contributed by atoms with Gasteiger partial charge in [0.15, 0.2) is 0 Å². The average molecular weight is 216 g/mol. The number of rotatable bonds is 5. The molecular formula is C10H20N2OS. The highest BCUT2D eigenvalue weighted by molar-refractivity contribution is 8.00. The van der Waals surface area contributed by atoms with Crippen molar-refractivity contribution in [3.05, 3.63) is 0 Å². The van der Waals surface area contributed by atoms with Crippen molar-refractivity contribution in [3.8, 4) is 0 Å². The van der Waals surface area contributed by atoms with Crippen LogP contribution in [0.15, 0.2) is 0 Å². The third-order valence-electron chi connectivity index (χ3n) is 2.38. The largest absolute Gasteiger partial charge is 0.355 e. The lowest BCUT2D eigenvalue weighted by molar-refractivity contribution is -0.121. The summed E-state index contributed by atoms with van der Waals surface area (Å²) in [7, 11) is 0. The molecule has 0 aliphatic carbocycles. The second-order valence-corrected chi connectivity index (χ2v) is 5.36. The van der Waals surface area contributed by atoms with Crippen molar-refractivity contribution >= 4 is 17.7 Å². The molecule has 1 aliphatic heterocycles. The van der Waals surface area contributed by atoms with E-state index >= 15 is 0 Å². The molecule has 0 aromatic rings. The summed E-state index contributed by atoms with van der Waals surface area (Å²) in [5.41, 5.74) is 5.57. The van der Waals surface area contributed by atoms with Gasteiger partial charge in [-0.05, 0) is 31.9 Å². The van der Waals surface area contributed by atoms with Gasteiger partial charge in [-0.2, -0.15) is 11.8 Å². The predicted octanol–water partition coefficient (Wildman–Crippen LogP) is 1.13. The Hall–Kier alpha value is -0.220. The van der Waals surface area contributed by atoms with Crippen LogP contribution in [0.2, 0.25) is 0 Å². The highest BCUT2D eigenvalue weighted by Crippen LogP contribution is 2.25. The maximum atomic E-state index is 11.3. The Bertz CT molecular complexity index is 179. The Morgan fingerprint density at radius 3 is 3.07 bits per heavy atom. The van der Waals surface area contributed by atoms with Gasteiger partial charge in [-0.25, -0.2) is 0 Å². The van der Waals surface area contributed by atoms with E-state index in [1.807, 2.05) is 18.7 Å². The van der Waals surface area contributed by atoms with E-state index in [2.05, 4.69) is 5.32 Å². The van der Waals surface area contributed by atoms with E-state index in [1.54, 1.807) is 0 Å². The maximum Gasteiger partial charge on any atom is 0.220 e. The number of carbonyl (C=O) groups is 1. The summed E-state index contributed by atoms with van der Waals surface area (Å²) >= 11 is 1.97. The fourth-order valence-corrected chi connectivity index (χ4v) is 2.68. The standard InChI is InChI=1S/C10H20N2OS/c1-8(11)4-5-10(13)12-7-9-3-2-6-14-9/h8-9H,2-7,11H2,1H3,(H,12,13). The lowest BCUT2D eigenvalue weighted by Gasteiger charge is -2.10. The van der Waals surface area contributed by atoms with Gasteiger partial charge >= 0.3 is 0 Å². The molecule has 0 aromatic heterocycles. The second-order valence-electron chi connectivity index (χ2n) is 3.96. The van der Waals surface area contributed by atoms with Crippen molar-refractivity contribution in [2.75, 3.05) is 12.3 Å². The maximum absolute atomic E-state index is 11.3. The van der Waals surface area contributed by atoms with Crippen LogP contribution in [-0.4, -0.2) is 29.5 Å². The molecule has 1 amide bonds. The molecule has 1 heterocycles. The van der Waals surface area contributed by atoms with Crippen LogP contribution in [0.25, 0.3) is 0 Å². The molecule has 3 nitrogen and oxygen atoms in total. The van der Waals surface area contributed by atoms with Gasteiger partial charge in [0.2, 0.25) is 5.91 Å². The van der Waals surface area contributed by atoms with Crippen LogP contribution in [0, 0.1) is 0 Å². The molecule has 4 heteroatoms. The van der Waals surface area contributed by atoms with E-state index in [1.165, 1.54) is 18.6 Å². The van der Waals surface area contributed by atoms with E-state index in [0.717, 1.165) is 13.0 Å². The molecule has 0 radical (unpaired) electrons. The number of hydrogen-bond acceptors (Lipinski definition) is 3. The van der Waals surface area contributed by atoms with Crippen molar-refractivity contribution in [1.29, 1.82) is 0 Å². The van der Waals surface area contributed by atoms with E-state index in [0.29, 0.717) is 11.7 Å². The van der Waals surface area contributed by atoms with Gasteiger partial charge < -0.3 is 11.1 Å². The third kappa shape index (κ3) is 4.86. The first-order valence-corrected chi connectivity index (χ1v) is 6.37. The molecule has 0 bridgehead atoms. The summed E-state index contributed by atoms with van der Waals surface area (Å²) in [4.78, 5) is 11.3. The summed E-state index contributed by atoms with van der Waals surface area (Å²) in [6, 6.07) is 0.126. The van der Waals surface area contributed by atoms with Crippen molar-refractivity contribution < 1.29 is 4.79 Å². The molecule has 1 saturated heterocycles. The van der Waals surface area contributed by atoms with Crippen LogP contribution < -0.4 is 11.1 Å². The van der Waals surface area contributed by atoms with Crippen LogP contribution >= 0.6 is 11.8 Å². The molecule has 1 fully saturated rings. The molecule has 0 aromatic carbocycles. The zero-order valence-corrected chi connectivity index (χ0v) is 9.61. The smallest absolute Gasteiger partial charge is 0.220 e. The molecule has 0 saturated carbocycles. The van der Waals surface area contributed by atoms with Gasteiger partial charge in [-0.3, -0.25) is 4.79 Å². The Labute approximate surface area is 90.2 Å². The van der Waals surface area contributed by atoms with E-state index in [-0.39, 0.29) is 11.9 Å². The summed E-state index contributed by atoms with van der Waals surface area (Å²) in [6.07, 6.45) is 3.89. The fourth-order valence-electron chi connectivity index (χ4n) is 1.48. The molecule has 2 unspecified atom stereocenters. The summed E-state index contributed by atoms with van der Waals surface area (Å²) in [5.74, 6) is 1.40. The molecular weight excluding hydrogens is 196 g/mol. The molecule has 14 heavy (non-hydrogen) atoms. The van der Waals surface area contributed by atoms with Gasteiger partial charge in [-0.1, -0.05) is 0 Å².